The smallest absolute Gasteiger partial charge is 0.340 e. The minimum Gasteiger partial charge on any atom is -0.340 e. The number of rotatable bonds is 9. The van der Waals surface area contributed by atoms with E-state index >= 15 is 0 Å². The van der Waals surface area contributed by atoms with Crippen molar-refractivity contribution in [1.29, 1.82) is 0 Å². The number of hydrogen-bond acceptors (Lipinski definition) is 3. The molecule has 0 bridgehead atoms. The normalized spacial score (nSPS) is 13.4. The highest BCUT2D eigenvalue weighted by molar-refractivity contribution is 7.53. The summed E-state index contributed by atoms with van der Waals surface area (Å²) in [6.07, 6.45) is 1.92. The lowest BCUT2D eigenvalue weighted by atomic mass is 9.99. The van der Waals surface area contributed by atoms with E-state index in [1.807, 2.05) is 13.8 Å². The van der Waals surface area contributed by atoms with E-state index in [2.05, 4.69) is 0 Å². The van der Waals surface area contributed by atoms with Gasteiger partial charge >= 0.3 is 7.60 Å². The van der Waals surface area contributed by atoms with Crippen LogP contribution in [-0.4, -0.2) is 28.5 Å². The highest BCUT2D eigenvalue weighted by atomic mass is 31.2. The summed E-state index contributed by atoms with van der Waals surface area (Å²) in [5.41, 5.74) is -1.77. The average Bonchev–Trinajstić information content (AvgIpc) is 2.24. The monoisotopic (exact) mass is 268 g/mol. The van der Waals surface area contributed by atoms with Gasteiger partial charge in [-0.3, -0.25) is 4.57 Å². The Bertz CT molecular complexity index is 240. The van der Waals surface area contributed by atoms with E-state index in [0.717, 1.165) is 12.8 Å². The Morgan fingerprint density at radius 2 is 1.47 bits per heavy atom. The van der Waals surface area contributed by atoms with Crippen molar-refractivity contribution >= 4 is 7.60 Å². The van der Waals surface area contributed by atoms with Crippen LogP contribution in [0.25, 0.3) is 0 Å². The van der Waals surface area contributed by atoms with E-state index in [1.54, 1.807) is 13.8 Å². The van der Waals surface area contributed by atoms with Crippen molar-refractivity contribution < 1.29 is 23.8 Å². The van der Waals surface area contributed by atoms with E-state index in [1.165, 1.54) is 0 Å². The molecule has 0 aromatic heterocycles. The maximum Gasteiger partial charge on any atom is 0.384 e. The van der Waals surface area contributed by atoms with Gasteiger partial charge in [-0.1, -0.05) is 26.7 Å². The van der Waals surface area contributed by atoms with Crippen LogP contribution in [0.3, 0.4) is 0 Å². The summed E-state index contributed by atoms with van der Waals surface area (Å²) in [7, 11) is -4.46. The van der Waals surface area contributed by atoms with Gasteiger partial charge < -0.3 is 19.3 Å². The lowest BCUT2D eigenvalue weighted by Gasteiger charge is -2.35. The molecule has 0 fully saturated rings. The number of ether oxygens (including phenoxy) is 2. The summed E-state index contributed by atoms with van der Waals surface area (Å²) < 4.78 is 22.2. The number of hydrogen-bond donors (Lipinski definition) is 2. The van der Waals surface area contributed by atoms with Crippen LogP contribution in [0.15, 0.2) is 0 Å². The molecular weight excluding hydrogens is 243 g/mol. The van der Waals surface area contributed by atoms with Gasteiger partial charge in [0, 0.05) is 19.6 Å². The Balaban J connectivity index is 5.09. The van der Waals surface area contributed by atoms with Crippen LogP contribution in [0.2, 0.25) is 0 Å². The lowest BCUT2D eigenvalue weighted by Crippen LogP contribution is -2.38. The maximum atomic E-state index is 11.6. The van der Waals surface area contributed by atoms with Gasteiger partial charge in [-0.2, -0.15) is 0 Å². The molecule has 0 unspecified atom stereocenters. The Labute approximate surface area is 104 Å². The molecule has 0 atom stereocenters. The first kappa shape index (κ1) is 17.1. The molecule has 17 heavy (non-hydrogen) atoms. The van der Waals surface area contributed by atoms with Crippen LogP contribution < -0.4 is 0 Å². The summed E-state index contributed by atoms with van der Waals surface area (Å²) in [5.74, 6) is 0.181. The highest BCUT2D eigenvalue weighted by Gasteiger charge is 2.50. The van der Waals surface area contributed by atoms with Crippen LogP contribution >= 0.6 is 7.60 Å². The minimum absolute atomic E-state index is 0.181. The molecule has 2 N–H and O–H groups in total. The van der Waals surface area contributed by atoms with Gasteiger partial charge in [0.2, 0.25) is 0 Å². The lowest BCUT2D eigenvalue weighted by molar-refractivity contribution is -0.195. The maximum absolute atomic E-state index is 11.6. The van der Waals surface area contributed by atoms with Crippen LogP contribution in [0.1, 0.15) is 47.0 Å². The standard InChI is InChI=1S/C11H25O5P/c1-5-10(6-2)9-11(15-7-3,16-8-4)17(12,13)14/h10H,5-9H2,1-4H3,(H2,12,13,14). The van der Waals surface area contributed by atoms with Crippen LogP contribution in [0.5, 0.6) is 0 Å². The summed E-state index contributed by atoms with van der Waals surface area (Å²) in [4.78, 5) is 19.0. The third kappa shape index (κ3) is 4.68. The third-order valence-corrected chi connectivity index (χ3v) is 4.21. The SMILES string of the molecule is CCOC(CC(CC)CC)(OCC)P(=O)(O)O. The van der Waals surface area contributed by atoms with Crippen molar-refractivity contribution in [2.24, 2.45) is 5.92 Å². The zero-order chi connectivity index (χ0) is 13.5. The van der Waals surface area contributed by atoms with E-state index < -0.39 is 13.1 Å². The van der Waals surface area contributed by atoms with Crippen LogP contribution in [-0.2, 0) is 14.0 Å². The molecule has 0 heterocycles. The molecule has 0 aromatic rings. The molecule has 0 rings (SSSR count). The Morgan fingerprint density at radius 1 is 1.06 bits per heavy atom. The van der Waals surface area contributed by atoms with Crippen molar-refractivity contribution in [1.82, 2.24) is 0 Å². The molecule has 0 radical (unpaired) electrons. The summed E-state index contributed by atoms with van der Waals surface area (Å²) >= 11 is 0. The zero-order valence-electron chi connectivity index (χ0n) is 11.2. The second-order valence-corrected chi connectivity index (χ2v) is 5.78. The molecule has 6 heteroatoms. The fourth-order valence-corrected chi connectivity index (χ4v) is 2.93. The van der Waals surface area contributed by atoms with Crippen LogP contribution in [0, 0.1) is 5.92 Å². The minimum atomic E-state index is -4.46. The second-order valence-electron chi connectivity index (χ2n) is 4.01. The van der Waals surface area contributed by atoms with E-state index in [0.29, 0.717) is 0 Å². The van der Waals surface area contributed by atoms with Gasteiger partial charge in [0.1, 0.15) is 0 Å². The van der Waals surface area contributed by atoms with Crippen molar-refractivity contribution in [3.63, 3.8) is 0 Å². The van der Waals surface area contributed by atoms with Crippen molar-refractivity contribution in [3.05, 3.63) is 0 Å². The molecule has 0 saturated carbocycles. The first-order valence-electron chi connectivity index (χ1n) is 6.20. The van der Waals surface area contributed by atoms with E-state index in [4.69, 9.17) is 9.47 Å². The van der Waals surface area contributed by atoms with Crippen molar-refractivity contribution in [3.8, 4) is 0 Å². The quantitative estimate of drug-likeness (QED) is 0.496. The van der Waals surface area contributed by atoms with E-state index in [9.17, 15) is 14.4 Å². The Hall–Kier alpha value is 0.0700. The predicted octanol–water partition coefficient (Wildman–Crippen LogP) is 2.72. The van der Waals surface area contributed by atoms with Crippen molar-refractivity contribution in [2.45, 2.75) is 52.5 Å². The molecule has 5 nitrogen and oxygen atoms in total. The first-order chi connectivity index (χ1) is 7.86. The Morgan fingerprint density at radius 3 is 1.71 bits per heavy atom. The first-order valence-corrected chi connectivity index (χ1v) is 7.81. The average molecular weight is 268 g/mol. The van der Waals surface area contributed by atoms with Gasteiger partial charge in [0.05, 0.1) is 0 Å². The van der Waals surface area contributed by atoms with E-state index in [-0.39, 0.29) is 25.6 Å². The van der Waals surface area contributed by atoms with Gasteiger partial charge in [-0.25, -0.2) is 0 Å². The van der Waals surface area contributed by atoms with Gasteiger partial charge in [0.15, 0.2) is 0 Å². The molecule has 0 spiro atoms. The molecule has 0 amide bonds. The predicted molar refractivity (Wildman–Crippen MR) is 66.7 cm³/mol. The van der Waals surface area contributed by atoms with Gasteiger partial charge in [0.25, 0.3) is 5.53 Å². The van der Waals surface area contributed by atoms with Crippen molar-refractivity contribution in [2.75, 3.05) is 13.2 Å². The van der Waals surface area contributed by atoms with Gasteiger partial charge in [-0.05, 0) is 19.8 Å². The zero-order valence-corrected chi connectivity index (χ0v) is 12.1. The molecule has 0 aliphatic carbocycles. The topological polar surface area (TPSA) is 76.0 Å². The Kier molecular flexibility index (Phi) is 7.52. The largest absolute Gasteiger partial charge is 0.384 e. The molecule has 0 aliphatic heterocycles. The third-order valence-electron chi connectivity index (χ3n) is 2.88. The summed E-state index contributed by atoms with van der Waals surface area (Å²) in [6, 6.07) is 0. The molecule has 0 saturated heterocycles. The fourth-order valence-electron chi connectivity index (χ4n) is 1.84. The molecule has 0 aliphatic rings. The molecule has 104 valence electrons. The molecular formula is C11H25O5P. The molecule has 0 aromatic carbocycles. The fraction of sp³-hybridized carbons (Fsp3) is 1.00. The van der Waals surface area contributed by atoms with Gasteiger partial charge in [-0.15, -0.1) is 0 Å². The highest BCUT2D eigenvalue weighted by Crippen LogP contribution is 2.55. The summed E-state index contributed by atoms with van der Waals surface area (Å²) in [6.45, 7) is 7.83. The summed E-state index contributed by atoms with van der Waals surface area (Å²) in [5, 5.41) is 0. The second kappa shape index (κ2) is 7.49. The van der Waals surface area contributed by atoms with Crippen LogP contribution in [0.4, 0.5) is 0 Å².